The maximum atomic E-state index is 12.2. The smallest absolute Gasteiger partial charge is 0.0743 e. The lowest BCUT2D eigenvalue weighted by Crippen LogP contribution is -2.64. The van der Waals surface area contributed by atoms with Gasteiger partial charge in [0.15, 0.2) is 0 Å². The number of hydroxylamine groups is 2. The van der Waals surface area contributed by atoms with E-state index in [9.17, 15) is 10.3 Å². The third kappa shape index (κ3) is 1.58. The summed E-state index contributed by atoms with van der Waals surface area (Å²) in [6, 6.07) is 0. The molecular formula is C11H22NO2. The van der Waals surface area contributed by atoms with E-state index in [2.05, 4.69) is 13.8 Å². The van der Waals surface area contributed by atoms with E-state index < -0.39 is 11.6 Å². The number of hydrogen-bond acceptors (Lipinski definition) is 2. The molecule has 1 radical (unpaired) electrons. The first-order valence-electron chi connectivity index (χ1n) is 5.56. The van der Waals surface area contributed by atoms with Gasteiger partial charge in [0.05, 0.1) is 11.6 Å². The second kappa shape index (κ2) is 3.80. The Labute approximate surface area is 86.7 Å². The minimum Gasteiger partial charge on any atom is -0.391 e. The number of hydrogen-bond donors (Lipinski definition) is 1. The van der Waals surface area contributed by atoms with Gasteiger partial charge in [0.25, 0.3) is 0 Å². The van der Waals surface area contributed by atoms with Gasteiger partial charge in [-0.25, -0.2) is 0 Å². The molecule has 1 fully saturated rings. The molecule has 0 aromatic heterocycles. The van der Waals surface area contributed by atoms with Crippen LogP contribution in [0, 0.1) is 0 Å². The van der Waals surface area contributed by atoms with Crippen molar-refractivity contribution in [2.75, 3.05) is 0 Å². The number of nitrogens with zero attached hydrogens (tertiary/aromatic N) is 1. The van der Waals surface area contributed by atoms with Crippen LogP contribution >= 0.6 is 0 Å². The Morgan fingerprint density at radius 1 is 1.36 bits per heavy atom. The standard InChI is InChI=1S/C11H22NO2/c1-5-11(6-2)8-7-9(13)10(3,4)12(11)14/h9,13H,5-8H2,1-4H3. The van der Waals surface area contributed by atoms with Gasteiger partial charge in [-0.3, -0.25) is 0 Å². The second-order valence-corrected chi connectivity index (χ2v) is 4.93. The molecule has 1 aliphatic heterocycles. The van der Waals surface area contributed by atoms with Gasteiger partial charge >= 0.3 is 0 Å². The third-order valence-electron chi connectivity index (χ3n) is 3.97. The highest BCUT2D eigenvalue weighted by molar-refractivity contribution is 5.00. The molecule has 1 unspecified atom stereocenters. The lowest BCUT2D eigenvalue weighted by molar-refractivity contribution is -0.318. The Morgan fingerprint density at radius 3 is 2.29 bits per heavy atom. The van der Waals surface area contributed by atoms with E-state index >= 15 is 0 Å². The fraction of sp³-hybridized carbons (Fsp3) is 1.00. The summed E-state index contributed by atoms with van der Waals surface area (Å²) in [6.07, 6.45) is 2.79. The zero-order valence-corrected chi connectivity index (χ0v) is 9.71. The van der Waals surface area contributed by atoms with Crippen molar-refractivity contribution in [2.45, 2.75) is 70.6 Å². The predicted octanol–water partition coefficient (Wildman–Crippen LogP) is 2.13. The maximum Gasteiger partial charge on any atom is 0.0743 e. The van der Waals surface area contributed by atoms with Crippen molar-refractivity contribution in [3.63, 3.8) is 0 Å². The van der Waals surface area contributed by atoms with Gasteiger partial charge in [0.1, 0.15) is 0 Å². The molecule has 0 spiro atoms. The summed E-state index contributed by atoms with van der Waals surface area (Å²) in [7, 11) is 0. The lowest BCUT2D eigenvalue weighted by atomic mass is 9.75. The van der Waals surface area contributed by atoms with E-state index in [1.165, 1.54) is 0 Å². The van der Waals surface area contributed by atoms with Crippen molar-refractivity contribution in [3.8, 4) is 0 Å². The largest absolute Gasteiger partial charge is 0.391 e. The van der Waals surface area contributed by atoms with Crippen molar-refractivity contribution in [1.82, 2.24) is 5.06 Å². The Bertz CT molecular complexity index is 199. The molecular weight excluding hydrogens is 178 g/mol. The van der Waals surface area contributed by atoms with Gasteiger partial charge in [0.2, 0.25) is 0 Å². The zero-order valence-electron chi connectivity index (χ0n) is 9.71. The topological polar surface area (TPSA) is 43.4 Å². The van der Waals surface area contributed by atoms with E-state index in [-0.39, 0.29) is 5.54 Å². The molecule has 1 saturated heterocycles. The zero-order chi connectivity index (χ0) is 11.0. The molecule has 83 valence electrons. The molecule has 0 aromatic carbocycles. The molecule has 1 heterocycles. The second-order valence-electron chi connectivity index (χ2n) is 4.93. The van der Waals surface area contributed by atoms with Gasteiger partial charge in [-0.15, -0.1) is 10.3 Å². The summed E-state index contributed by atoms with van der Waals surface area (Å²) >= 11 is 0. The summed E-state index contributed by atoms with van der Waals surface area (Å²) in [5, 5.41) is 23.1. The van der Waals surface area contributed by atoms with Gasteiger partial charge in [-0.05, 0) is 39.5 Å². The molecule has 0 aliphatic carbocycles. The highest BCUT2D eigenvalue weighted by atomic mass is 16.5. The molecule has 14 heavy (non-hydrogen) atoms. The first-order chi connectivity index (χ1) is 6.40. The Balaban J connectivity index is 2.94. The molecule has 3 nitrogen and oxygen atoms in total. The predicted molar refractivity (Wildman–Crippen MR) is 55.2 cm³/mol. The van der Waals surface area contributed by atoms with Crippen LogP contribution in [0.15, 0.2) is 0 Å². The van der Waals surface area contributed by atoms with Crippen LogP contribution in [0.2, 0.25) is 0 Å². The van der Waals surface area contributed by atoms with Crippen molar-refractivity contribution in [2.24, 2.45) is 0 Å². The summed E-state index contributed by atoms with van der Waals surface area (Å²) in [4.78, 5) is 0. The summed E-state index contributed by atoms with van der Waals surface area (Å²) < 4.78 is 0. The lowest BCUT2D eigenvalue weighted by Gasteiger charge is -2.52. The highest BCUT2D eigenvalue weighted by Crippen LogP contribution is 2.41. The van der Waals surface area contributed by atoms with Crippen LogP contribution in [-0.4, -0.2) is 27.4 Å². The Morgan fingerprint density at radius 2 is 1.86 bits per heavy atom. The Kier molecular flexibility index (Phi) is 3.24. The van der Waals surface area contributed by atoms with Gasteiger partial charge < -0.3 is 5.11 Å². The minimum absolute atomic E-state index is 0.247. The molecule has 0 saturated carbocycles. The fourth-order valence-electron chi connectivity index (χ4n) is 2.50. The van der Waals surface area contributed by atoms with E-state index in [4.69, 9.17) is 0 Å². The third-order valence-corrected chi connectivity index (χ3v) is 3.97. The van der Waals surface area contributed by atoms with Crippen LogP contribution in [0.5, 0.6) is 0 Å². The number of piperidine rings is 1. The van der Waals surface area contributed by atoms with E-state index in [0.717, 1.165) is 30.7 Å². The average molecular weight is 200 g/mol. The van der Waals surface area contributed by atoms with Gasteiger partial charge in [-0.1, -0.05) is 13.8 Å². The maximum absolute atomic E-state index is 12.2. The molecule has 0 bridgehead atoms. The van der Waals surface area contributed by atoms with Crippen LogP contribution < -0.4 is 0 Å². The van der Waals surface area contributed by atoms with Gasteiger partial charge in [-0.2, -0.15) is 0 Å². The number of rotatable bonds is 2. The molecule has 3 heteroatoms. The summed E-state index contributed by atoms with van der Waals surface area (Å²) in [5.74, 6) is 0. The van der Waals surface area contributed by atoms with Gasteiger partial charge in [0, 0.05) is 5.54 Å². The Hall–Kier alpha value is -0.120. The van der Waals surface area contributed by atoms with Crippen LogP contribution in [0.1, 0.15) is 53.4 Å². The highest BCUT2D eigenvalue weighted by Gasteiger charge is 2.50. The average Bonchev–Trinajstić information content (AvgIpc) is 2.17. The SMILES string of the molecule is CCC1(CC)CCC(O)C(C)(C)N1[O]. The van der Waals surface area contributed by atoms with Crippen LogP contribution in [-0.2, 0) is 5.21 Å². The van der Waals surface area contributed by atoms with Crippen molar-refractivity contribution in [3.05, 3.63) is 0 Å². The molecule has 1 rings (SSSR count). The fourth-order valence-corrected chi connectivity index (χ4v) is 2.50. The molecule has 1 atom stereocenters. The quantitative estimate of drug-likeness (QED) is 0.742. The van der Waals surface area contributed by atoms with E-state index in [1.807, 2.05) is 13.8 Å². The number of aliphatic hydroxyl groups excluding tert-OH is 1. The summed E-state index contributed by atoms with van der Waals surface area (Å²) in [6.45, 7) is 7.79. The normalized spacial score (nSPS) is 31.7. The summed E-state index contributed by atoms with van der Waals surface area (Å²) in [5.41, 5.74) is -0.882. The molecule has 0 aromatic rings. The van der Waals surface area contributed by atoms with Crippen molar-refractivity contribution >= 4 is 0 Å². The first-order valence-corrected chi connectivity index (χ1v) is 5.56. The van der Waals surface area contributed by atoms with E-state index in [0.29, 0.717) is 0 Å². The van der Waals surface area contributed by atoms with Crippen LogP contribution in [0.4, 0.5) is 0 Å². The molecule has 0 amide bonds. The number of aliphatic hydroxyl groups is 1. The monoisotopic (exact) mass is 200 g/mol. The van der Waals surface area contributed by atoms with Crippen LogP contribution in [0.25, 0.3) is 0 Å². The molecule has 1 aliphatic rings. The van der Waals surface area contributed by atoms with E-state index in [1.54, 1.807) is 0 Å². The van der Waals surface area contributed by atoms with Crippen molar-refractivity contribution in [1.29, 1.82) is 0 Å². The molecule has 1 N–H and O–H groups in total. The minimum atomic E-state index is -0.635. The van der Waals surface area contributed by atoms with Crippen LogP contribution in [0.3, 0.4) is 0 Å². The first kappa shape index (κ1) is 12.0. The van der Waals surface area contributed by atoms with Crippen molar-refractivity contribution < 1.29 is 10.3 Å².